The summed E-state index contributed by atoms with van der Waals surface area (Å²) >= 11 is 0. The number of aliphatic imine (C=N–C) groups is 1. The molecule has 0 saturated heterocycles. The third-order valence-electron chi connectivity index (χ3n) is 7.29. The number of amidine groups is 1. The van der Waals surface area contributed by atoms with Gasteiger partial charge < -0.3 is 15.2 Å². The molecule has 2 aromatic heterocycles. The SMILES string of the molecule is CNCN=C(NC(C)c1cccc(C(C)F)c1F)c1cn(C2(C)CC2)c(-n2nnc3ccccc32)c1C. The number of nitrogens with zero attached hydrogens (tertiary/aromatic N) is 5. The molecule has 0 aliphatic heterocycles. The molecule has 0 spiro atoms. The summed E-state index contributed by atoms with van der Waals surface area (Å²) in [5.41, 5.74) is 4.07. The van der Waals surface area contributed by atoms with Crippen molar-refractivity contribution in [1.82, 2.24) is 30.2 Å². The van der Waals surface area contributed by atoms with Crippen molar-refractivity contribution in [3.8, 4) is 5.82 Å². The molecule has 2 unspecified atom stereocenters. The van der Waals surface area contributed by atoms with Gasteiger partial charge in [-0.2, -0.15) is 4.68 Å². The van der Waals surface area contributed by atoms with Crippen LogP contribution in [0.2, 0.25) is 0 Å². The maximum absolute atomic E-state index is 15.2. The van der Waals surface area contributed by atoms with E-state index in [9.17, 15) is 4.39 Å². The summed E-state index contributed by atoms with van der Waals surface area (Å²) in [7, 11) is 1.83. The van der Waals surface area contributed by atoms with Gasteiger partial charge in [0.2, 0.25) is 0 Å². The Labute approximate surface area is 215 Å². The molecule has 0 amide bonds. The standard InChI is InChI=1S/C28H33F2N7/c1-17-22(26(32-16-31-5)33-19(3)21-10-8-9-20(18(2)29)25(21)30)15-36(28(4)13-14-28)27(17)37-24-12-7-6-11-23(24)34-35-37/h6-12,15,18-19,31H,13-14,16H2,1-5H3,(H,32,33). The fourth-order valence-electron chi connectivity index (χ4n) is 4.81. The zero-order valence-electron chi connectivity index (χ0n) is 21.9. The van der Waals surface area contributed by atoms with Gasteiger partial charge in [0, 0.05) is 34.0 Å². The maximum atomic E-state index is 15.2. The largest absolute Gasteiger partial charge is 0.363 e. The van der Waals surface area contributed by atoms with E-state index in [-0.39, 0.29) is 11.1 Å². The summed E-state index contributed by atoms with van der Waals surface area (Å²) in [6, 6.07) is 12.3. The van der Waals surface area contributed by atoms with E-state index in [1.165, 1.54) is 13.0 Å². The number of nitrogens with one attached hydrogen (secondary N) is 2. The predicted octanol–water partition coefficient (Wildman–Crippen LogP) is 5.48. The molecule has 1 fully saturated rings. The topological polar surface area (TPSA) is 72.1 Å². The summed E-state index contributed by atoms with van der Waals surface area (Å²) in [6.07, 6.45) is 2.85. The molecule has 2 atom stereocenters. The molecule has 7 nitrogen and oxygen atoms in total. The quantitative estimate of drug-likeness (QED) is 0.246. The second-order valence-corrected chi connectivity index (χ2v) is 10.1. The fourth-order valence-corrected chi connectivity index (χ4v) is 4.81. The lowest BCUT2D eigenvalue weighted by Gasteiger charge is -2.20. The smallest absolute Gasteiger partial charge is 0.140 e. The zero-order chi connectivity index (χ0) is 26.3. The van der Waals surface area contributed by atoms with Crippen LogP contribution in [0.3, 0.4) is 0 Å². The van der Waals surface area contributed by atoms with Gasteiger partial charge in [0.05, 0.1) is 18.2 Å². The molecule has 37 heavy (non-hydrogen) atoms. The highest BCUT2D eigenvalue weighted by Crippen LogP contribution is 2.46. The van der Waals surface area contributed by atoms with Gasteiger partial charge in [-0.05, 0) is 59.7 Å². The van der Waals surface area contributed by atoms with Gasteiger partial charge in [-0.25, -0.2) is 8.78 Å². The first-order valence-corrected chi connectivity index (χ1v) is 12.7. The van der Waals surface area contributed by atoms with Crippen LogP contribution in [0.15, 0.2) is 53.7 Å². The van der Waals surface area contributed by atoms with Crippen LogP contribution in [0.4, 0.5) is 8.78 Å². The second-order valence-electron chi connectivity index (χ2n) is 10.1. The predicted molar refractivity (Wildman–Crippen MR) is 142 cm³/mol. The van der Waals surface area contributed by atoms with Crippen molar-refractivity contribution in [3.05, 3.63) is 76.7 Å². The van der Waals surface area contributed by atoms with E-state index >= 15 is 4.39 Å². The van der Waals surface area contributed by atoms with Gasteiger partial charge in [0.25, 0.3) is 0 Å². The number of alkyl halides is 1. The van der Waals surface area contributed by atoms with E-state index in [1.54, 1.807) is 12.1 Å². The van der Waals surface area contributed by atoms with E-state index in [4.69, 9.17) is 4.99 Å². The molecule has 2 aromatic carbocycles. The van der Waals surface area contributed by atoms with E-state index in [0.717, 1.165) is 40.8 Å². The minimum atomic E-state index is -1.39. The molecule has 2 heterocycles. The summed E-state index contributed by atoms with van der Waals surface area (Å²) in [5, 5.41) is 15.4. The summed E-state index contributed by atoms with van der Waals surface area (Å²) < 4.78 is 33.3. The van der Waals surface area contributed by atoms with Crippen molar-refractivity contribution in [2.45, 2.75) is 58.3 Å². The monoisotopic (exact) mass is 505 g/mol. The first-order chi connectivity index (χ1) is 17.7. The van der Waals surface area contributed by atoms with Crippen LogP contribution in [0.1, 0.15) is 68.1 Å². The molecule has 2 N–H and O–H groups in total. The average molecular weight is 506 g/mol. The van der Waals surface area contributed by atoms with Gasteiger partial charge in [-0.3, -0.25) is 4.99 Å². The molecule has 4 aromatic rings. The van der Waals surface area contributed by atoms with Crippen LogP contribution < -0.4 is 10.6 Å². The minimum absolute atomic E-state index is 0.0250. The van der Waals surface area contributed by atoms with E-state index < -0.39 is 18.0 Å². The van der Waals surface area contributed by atoms with Gasteiger partial charge in [-0.15, -0.1) is 5.10 Å². The highest BCUT2D eigenvalue weighted by molar-refractivity contribution is 6.01. The molecule has 0 radical (unpaired) electrons. The molecular formula is C28H33F2N7. The molecule has 9 heteroatoms. The molecule has 1 aliphatic rings. The van der Waals surface area contributed by atoms with E-state index in [0.29, 0.717) is 18.1 Å². The summed E-state index contributed by atoms with van der Waals surface area (Å²) in [5.74, 6) is 1.04. The number of aromatic nitrogens is 4. The Balaban J connectivity index is 1.60. The van der Waals surface area contributed by atoms with Crippen LogP contribution in [0, 0.1) is 12.7 Å². The number of fused-ring (bicyclic) bond motifs is 1. The molecule has 1 aliphatic carbocycles. The molecule has 194 valence electrons. The van der Waals surface area contributed by atoms with Crippen molar-refractivity contribution < 1.29 is 8.78 Å². The number of halogens is 2. The molecule has 0 bridgehead atoms. The molecule has 1 saturated carbocycles. The Kier molecular flexibility index (Phi) is 6.58. The number of rotatable bonds is 8. The Morgan fingerprint density at radius 2 is 1.86 bits per heavy atom. The van der Waals surface area contributed by atoms with Crippen LogP contribution >= 0.6 is 0 Å². The zero-order valence-corrected chi connectivity index (χ0v) is 21.9. The third-order valence-corrected chi connectivity index (χ3v) is 7.29. The summed E-state index contributed by atoms with van der Waals surface area (Å²) in [4.78, 5) is 4.77. The Morgan fingerprint density at radius 1 is 1.14 bits per heavy atom. The van der Waals surface area contributed by atoms with Crippen LogP contribution in [0.5, 0.6) is 0 Å². The number of benzene rings is 2. The first-order valence-electron chi connectivity index (χ1n) is 12.7. The van der Waals surface area contributed by atoms with Crippen LogP contribution in [0.25, 0.3) is 16.9 Å². The van der Waals surface area contributed by atoms with Crippen LogP contribution in [-0.2, 0) is 5.54 Å². The number of hydrogen-bond acceptors (Lipinski definition) is 4. The fraction of sp³-hybridized carbons (Fsp3) is 0.393. The van der Waals surface area contributed by atoms with Crippen LogP contribution in [-0.4, -0.2) is 39.1 Å². The lowest BCUT2D eigenvalue weighted by atomic mass is 10.0. The third kappa shape index (κ3) is 4.52. The van der Waals surface area contributed by atoms with Crippen molar-refractivity contribution in [2.24, 2.45) is 4.99 Å². The second kappa shape index (κ2) is 9.70. The van der Waals surface area contributed by atoms with Gasteiger partial charge in [-0.1, -0.05) is 35.5 Å². The number of hydrogen-bond donors (Lipinski definition) is 2. The minimum Gasteiger partial charge on any atom is -0.363 e. The Bertz CT molecular complexity index is 1460. The normalized spacial score (nSPS) is 16.7. The first kappa shape index (κ1) is 25.1. The summed E-state index contributed by atoms with van der Waals surface area (Å²) in [6.45, 7) is 7.87. The van der Waals surface area contributed by atoms with Gasteiger partial charge in [0.15, 0.2) is 0 Å². The lowest BCUT2D eigenvalue weighted by molar-refractivity contribution is 0.359. The average Bonchev–Trinajstić information content (AvgIpc) is 3.34. The van der Waals surface area contributed by atoms with E-state index in [2.05, 4.69) is 45.6 Å². The molecular weight excluding hydrogens is 472 g/mol. The van der Waals surface area contributed by atoms with Crippen molar-refractivity contribution in [2.75, 3.05) is 13.7 Å². The lowest BCUT2D eigenvalue weighted by Crippen LogP contribution is -2.30. The molecule has 5 rings (SSSR count). The highest BCUT2D eigenvalue weighted by atomic mass is 19.1. The van der Waals surface area contributed by atoms with Gasteiger partial charge >= 0.3 is 0 Å². The van der Waals surface area contributed by atoms with Crippen molar-refractivity contribution >= 4 is 16.9 Å². The Hall–Kier alpha value is -3.59. The number of para-hydroxylation sites is 1. The Morgan fingerprint density at radius 3 is 2.57 bits per heavy atom. The van der Waals surface area contributed by atoms with Crippen molar-refractivity contribution in [1.29, 1.82) is 0 Å². The van der Waals surface area contributed by atoms with Gasteiger partial charge in [0.1, 0.15) is 29.2 Å². The highest BCUT2D eigenvalue weighted by Gasteiger charge is 2.42. The van der Waals surface area contributed by atoms with E-state index in [1.807, 2.05) is 42.9 Å². The maximum Gasteiger partial charge on any atom is 0.140 e. The van der Waals surface area contributed by atoms with Crippen molar-refractivity contribution in [3.63, 3.8) is 0 Å².